The summed E-state index contributed by atoms with van der Waals surface area (Å²) in [5.41, 5.74) is 11.3. The summed E-state index contributed by atoms with van der Waals surface area (Å²) in [5, 5.41) is 2.17. The van der Waals surface area contributed by atoms with E-state index in [0.717, 1.165) is 50.3 Å². The first-order chi connectivity index (χ1) is 24.0. The molecule has 0 bridgehead atoms. The molecule has 0 aliphatic carbocycles. The van der Waals surface area contributed by atoms with Crippen LogP contribution in [0.5, 0.6) is 0 Å². The summed E-state index contributed by atoms with van der Waals surface area (Å²) in [6.07, 6.45) is 2.28. The minimum Gasteiger partial charge on any atom is -0.309 e. The molecule has 0 N–H and O–H groups in total. The summed E-state index contributed by atoms with van der Waals surface area (Å²) in [6, 6.07) is 49.1. The van der Waals surface area contributed by atoms with Crippen molar-refractivity contribution in [2.24, 2.45) is 0 Å². The van der Waals surface area contributed by atoms with Gasteiger partial charge in [-0.25, -0.2) is 9.37 Å². The molecule has 49 heavy (non-hydrogen) atoms. The molecule has 1 unspecified atom stereocenters. The number of aromatic nitrogens is 3. The van der Waals surface area contributed by atoms with Crippen molar-refractivity contribution < 1.29 is 4.39 Å². The van der Waals surface area contributed by atoms with Gasteiger partial charge in [0.25, 0.3) is 0 Å². The van der Waals surface area contributed by atoms with Crippen molar-refractivity contribution in [3.63, 3.8) is 0 Å². The number of fused-ring (bicyclic) bond motifs is 6. The fraction of sp³-hybridized carbons (Fsp3) is 0.0909. The van der Waals surface area contributed by atoms with Gasteiger partial charge in [-0.3, -0.25) is 9.55 Å². The van der Waals surface area contributed by atoms with E-state index in [1.165, 1.54) is 16.8 Å². The Morgan fingerprint density at radius 3 is 2.18 bits per heavy atom. The first-order valence-electron chi connectivity index (χ1n) is 16.6. The third-order valence-corrected chi connectivity index (χ3v) is 9.96. The lowest BCUT2D eigenvalue weighted by Crippen LogP contribution is -2.30. The molecule has 0 radical (unpaired) electrons. The lowest BCUT2D eigenvalue weighted by atomic mass is 9.73. The SMILES string of the molecule is CC1(C)c2ccccc2N(c2ccccc2)c2c1ccc1c2c2cccnc2n1-c1cccc(C(F)c2cccc(-c3ccccn3)c2)c1. The highest BCUT2D eigenvalue weighted by Crippen LogP contribution is 2.55. The van der Waals surface area contributed by atoms with E-state index in [1.54, 1.807) is 6.20 Å². The minimum absolute atomic E-state index is 0.243. The van der Waals surface area contributed by atoms with Crippen molar-refractivity contribution in [3.05, 3.63) is 180 Å². The summed E-state index contributed by atoms with van der Waals surface area (Å²) in [5.74, 6) is 0. The molecule has 0 saturated heterocycles. The molecule has 5 heteroatoms. The first kappa shape index (κ1) is 29.1. The molecule has 1 aliphatic rings. The number of anilines is 3. The van der Waals surface area contributed by atoms with E-state index in [0.29, 0.717) is 11.1 Å². The van der Waals surface area contributed by atoms with Crippen molar-refractivity contribution in [2.75, 3.05) is 4.90 Å². The van der Waals surface area contributed by atoms with E-state index in [4.69, 9.17) is 4.98 Å². The fourth-order valence-electron chi connectivity index (χ4n) is 7.63. The number of pyridine rings is 2. The molecular formula is C44H33FN4. The van der Waals surface area contributed by atoms with Gasteiger partial charge in [0.1, 0.15) is 5.65 Å². The van der Waals surface area contributed by atoms with Gasteiger partial charge >= 0.3 is 0 Å². The summed E-state index contributed by atoms with van der Waals surface area (Å²) in [4.78, 5) is 11.8. The average Bonchev–Trinajstić information content (AvgIpc) is 3.50. The number of nitrogens with zero attached hydrogens (tertiary/aromatic N) is 4. The van der Waals surface area contributed by atoms with Crippen LogP contribution in [0.2, 0.25) is 0 Å². The average molecular weight is 637 g/mol. The molecule has 0 spiro atoms. The normalized spacial score (nSPS) is 14.1. The smallest absolute Gasteiger partial charge is 0.150 e. The van der Waals surface area contributed by atoms with Crippen LogP contribution >= 0.6 is 0 Å². The van der Waals surface area contributed by atoms with Crippen molar-refractivity contribution in [2.45, 2.75) is 25.4 Å². The molecule has 1 atom stereocenters. The van der Waals surface area contributed by atoms with Gasteiger partial charge in [0.05, 0.1) is 22.6 Å². The first-order valence-corrected chi connectivity index (χ1v) is 16.6. The lowest BCUT2D eigenvalue weighted by molar-refractivity contribution is 0.402. The third-order valence-electron chi connectivity index (χ3n) is 9.96. The van der Waals surface area contributed by atoms with Crippen LogP contribution < -0.4 is 4.90 Å². The highest BCUT2D eigenvalue weighted by molar-refractivity contribution is 6.17. The minimum atomic E-state index is -1.32. The quantitative estimate of drug-likeness (QED) is 0.188. The van der Waals surface area contributed by atoms with Crippen LogP contribution in [0.15, 0.2) is 158 Å². The van der Waals surface area contributed by atoms with Gasteiger partial charge in [-0.05, 0) is 89.0 Å². The highest BCUT2D eigenvalue weighted by atomic mass is 19.1. The third kappa shape index (κ3) is 4.57. The van der Waals surface area contributed by atoms with Crippen LogP contribution in [0.3, 0.4) is 0 Å². The molecule has 9 rings (SSSR count). The maximum atomic E-state index is 16.5. The largest absolute Gasteiger partial charge is 0.309 e. The maximum absolute atomic E-state index is 16.5. The Kier molecular flexibility index (Phi) is 6.70. The van der Waals surface area contributed by atoms with Gasteiger partial charge in [-0.15, -0.1) is 0 Å². The molecule has 236 valence electrons. The van der Waals surface area contributed by atoms with Crippen molar-refractivity contribution in [1.29, 1.82) is 0 Å². The predicted octanol–water partition coefficient (Wildman–Crippen LogP) is 11.4. The molecule has 1 aliphatic heterocycles. The lowest BCUT2D eigenvalue weighted by Gasteiger charge is -2.42. The number of halogens is 1. The van der Waals surface area contributed by atoms with Crippen LogP contribution in [0.4, 0.5) is 21.5 Å². The van der Waals surface area contributed by atoms with Crippen LogP contribution in [-0.4, -0.2) is 14.5 Å². The monoisotopic (exact) mass is 636 g/mol. The van der Waals surface area contributed by atoms with E-state index < -0.39 is 6.17 Å². The Morgan fingerprint density at radius 2 is 1.35 bits per heavy atom. The van der Waals surface area contributed by atoms with E-state index in [2.05, 4.69) is 101 Å². The number of hydrogen-bond donors (Lipinski definition) is 0. The Bertz CT molecular complexity index is 2500. The molecule has 0 saturated carbocycles. The van der Waals surface area contributed by atoms with Crippen LogP contribution in [0, 0.1) is 0 Å². The number of para-hydroxylation sites is 2. The molecule has 5 aromatic carbocycles. The number of hydrogen-bond acceptors (Lipinski definition) is 3. The second-order valence-corrected chi connectivity index (χ2v) is 13.2. The summed E-state index contributed by atoms with van der Waals surface area (Å²) >= 11 is 0. The van der Waals surface area contributed by atoms with Crippen molar-refractivity contribution >= 4 is 39.0 Å². The second-order valence-electron chi connectivity index (χ2n) is 13.2. The Hall–Kier alpha value is -6.07. The van der Waals surface area contributed by atoms with E-state index >= 15 is 4.39 Å². The van der Waals surface area contributed by atoms with Crippen molar-refractivity contribution in [1.82, 2.24) is 14.5 Å². The topological polar surface area (TPSA) is 34.0 Å². The van der Waals surface area contributed by atoms with Crippen LogP contribution in [-0.2, 0) is 5.41 Å². The van der Waals surface area contributed by atoms with Crippen LogP contribution in [0.1, 0.15) is 42.3 Å². The molecule has 4 nitrogen and oxygen atoms in total. The zero-order valence-electron chi connectivity index (χ0n) is 27.3. The van der Waals surface area contributed by atoms with Gasteiger partial charge in [0, 0.05) is 45.5 Å². The van der Waals surface area contributed by atoms with E-state index in [-0.39, 0.29) is 5.41 Å². The van der Waals surface area contributed by atoms with Gasteiger partial charge in [-0.1, -0.05) is 92.7 Å². The molecule has 3 aromatic heterocycles. The molecule has 0 amide bonds. The Balaban J connectivity index is 1.25. The number of benzene rings is 5. The van der Waals surface area contributed by atoms with E-state index in [9.17, 15) is 0 Å². The molecule has 8 aromatic rings. The molecular weight excluding hydrogens is 604 g/mol. The maximum Gasteiger partial charge on any atom is 0.150 e. The second kappa shape index (κ2) is 11.3. The predicted molar refractivity (Wildman–Crippen MR) is 198 cm³/mol. The molecule has 4 heterocycles. The Labute approximate surface area is 284 Å². The Morgan fingerprint density at radius 1 is 0.612 bits per heavy atom. The number of alkyl halides is 1. The van der Waals surface area contributed by atoms with Gasteiger partial charge in [0.2, 0.25) is 0 Å². The van der Waals surface area contributed by atoms with Crippen LogP contribution in [0.25, 0.3) is 38.9 Å². The van der Waals surface area contributed by atoms with Gasteiger partial charge in [0.15, 0.2) is 6.17 Å². The van der Waals surface area contributed by atoms with Gasteiger partial charge in [-0.2, -0.15) is 0 Å². The molecule has 0 fully saturated rings. The zero-order chi connectivity index (χ0) is 33.1. The fourth-order valence-corrected chi connectivity index (χ4v) is 7.63. The zero-order valence-corrected chi connectivity index (χ0v) is 27.3. The summed E-state index contributed by atoms with van der Waals surface area (Å²) < 4.78 is 18.6. The standard InChI is InChI=1S/C44H33FN4/c1-44(2)35-20-6-7-22-38(35)48(32-16-4-3-5-17-32)42-36(44)23-24-39-40(42)34-19-12-26-47-43(34)49(39)33-18-11-15-31(28-33)41(45)30-14-10-13-29(27-30)37-21-8-9-25-46-37/h3-28,41H,1-2H3. The van der Waals surface area contributed by atoms with E-state index in [1.807, 2.05) is 79.0 Å². The summed E-state index contributed by atoms with van der Waals surface area (Å²) in [6.45, 7) is 4.62. The number of rotatable bonds is 5. The van der Waals surface area contributed by atoms with Gasteiger partial charge < -0.3 is 4.90 Å². The highest BCUT2D eigenvalue weighted by Gasteiger charge is 2.39. The van der Waals surface area contributed by atoms with Crippen molar-refractivity contribution in [3.8, 4) is 16.9 Å². The summed E-state index contributed by atoms with van der Waals surface area (Å²) in [7, 11) is 0.